The minimum atomic E-state index is -1.03. The lowest BCUT2D eigenvalue weighted by Crippen LogP contribution is -2.19. The number of hydrogen-bond acceptors (Lipinski definition) is 13. The molecule has 0 aliphatic rings. The zero-order chi connectivity index (χ0) is 58.5. The molecule has 0 atom stereocenters. The van der Waals surface area contributed by atoms with Crippen LogP contribution in [0, 0.1) is 11.6 Å². The van der Waals surface area contributed by atoms with Crippen LogP contribution in [0.3, 0.4) is 0 Å². The van der Waals surface area contributed by atoms with Gasteiger partial charge in [0.05, 0.1) is 77.2 Å². The molecule has 0 radical (unpaired) electrons. The number of esters is 1. The quantitative estimate of drug-likeness (QED) is 0.0605. The summed E-state index contributed by atoms with van der Waals surface area (Å²) in [6, 6.07) is 40.0. The molecule has 6 heterocycles. The second kappa shape index (κ2) is 27.3. The molecule has 0 spiro atoms. The van der Waals surface area contributed by atoms with Gasteiger partial charge < -0.3 is 47.4 Å². The predicted octanol–water partition coefficient (Wildman–Crippen LogP) is 9.24. The zero-order valence-electron chi connectivity index (χ0n) is 45.4. The third-order valence-corrected chi connectivity index (χ3v) is 13.5. The van der Waals surface area contributed by atoms with Crippen molar-refractivity contribution < 1.29 is 47.5 Å². The number of aliphatic hydroxyl groups excluding tert-OH is 1. The van der Waals surface area contributed by atoms with Crippen molar-refractivity contribution in [1.82, 2.24) is 38.2 Å². The summed E-state index contributed by atoms with van der Waals surface area (Å²) in [5, 5.41) is 18.4. The highest BCUT2D eigenvalue weighted by atomic mass is 35.5. The molecule has 21 heteroatoms. The number of hydrogen-bond donors (Lipinski definition) is 2. The summed E-state index contributed by atoms with van der Waals surface area (Å²) < 4.78 is 58.2. The maximum absolute atomic E-state index is 15.4. The Hall–Kier alpha value is -9.21. The zero-order valence-corrected chi connectivity index (χ0v) is 46.1. The van der Waals surface area contributed by atoms with Crippen molar-refractivity contribution >= 4 is 45.6 Å². The van der Waals surface area contributed by atoms with Gasteiger partial charge in [0.15, 0.2) is 0 Å². The number of halogens is 3. The van der Waals surface area contributed by atoms with Gasteiger partial charge in [-0.05, 0) is 90.0 Å². The van der Waals surface area contributed by atoms with Crippen molar-refractivity contribution in [2.24, 2.45) is 14.1 Å². The summed E-state index contributed by atoms with van der Waals surface area (Å²) in [6.45, 7) is 1.86. The summed E-state index contributed by atoms with van der Waals surface area (Å²) in [4.78, 5) is 64.2. The Bertz CT molecular complexity index is 4050. The molecule has 2 N–H and O–H groups in total. The molecule has 82 heavy (non-hydrogen) atoms. The van der Waals surface area contributed by atoms with Crippen molar-refractivity contribution in [3.8, 4) is 28.4 Å². The van der Waals surface area contributed by atoms with E-state index in [-0.39, 0.29) is 48.6 Å². The maximum atomic E-state index is 15.4. The fourth-order valence-corrected chi connectivity index (χ4v) is 8.95. The molecule has 0 amide bonds. The van der Waals surface area contributed by atoms with Gasteiger partial charge >= 0.3 is 11.9 Å². The van der Waals surface area contributed by atoms with Crippen molar-refractivity contribution in [3.63, 3.8) is 0 Å². The minimum Gasteiger partial charge on any atom is -0.478 e. The number of aromatic nitrogens is 8. The summed E-state index contributed by atoms with van der Waals surface area (Å²) in [7, 11) is 7.84. The molecule has 0 saturated heterocycles. The Morgan fingerprint density at radius 1 is 0.585 bits per heavy atom. The van der Waals surface area contributed by atoms with Crippen LogP contribution >= 0.6 is 11.6 Å². The van der Waals surface area contributed by atoms with Crippen LogP contribution in [0.4, 0.5) is 8.78 Å². The third kappa shape index (κ3) is 14.2. The van der Waals surface area contributed by atoms with Crippen molar-refractivity contribution in [3.05, 3.63) is 228 Å². The highest BCUT2D eigenvalue weighted by Gasteiger charge is 2.19. The predicted molar refractivity (Wildman–Crippen MR) is 305 cm³/mol. The van der Waals surface area contributed by atoms with Crippen LogP contribution in [-0.2, 0) is 67.5 Å². The lowest BCUT2D eigenvalue weighted by atomic mass is 10.1. The normalized spacial score (nSPS) is 11.0. The second-order valence-corrected chi connectivity index (χ2v) is 18.9. The van der Waals surface area contributed by atoms with Gasteiger partial charge in [-0.2, -0.15) is 0 Å². The number of carbonyl (C=O) groups excluding carboxylic acids is 1. The number of aromatic carboxylic acids is 1. The minimum absolute atomic E-state index is 0.0907. The smallest absolute Gasteiger partial charge is 0.337 e. The number of methoxy groups -OCH3 is 3. The van der Waals surface area contributed by atoms with Crippen LogP contribution in [-0.4, -0.2) is 94.9 Å². The molecule has 4 aromatic carbocycles. The number of fused-ring (bicyclic) bond motifs is 2. The molecule has 10 aromatic rings. The molecule has 0 aliphatic heterocycles. The maximum Gasteiger partial charge on any atom is 0.337 e. The SMILES string of the molecule is COCCn1c(Cc2ccc(-c3cccc(Cl)n3)cc2F)nc2ccc(C(=O)OC)cc21.COCCn1c(Cc2ccc(-c3cccc(OCc4cccc(=O)n4C)n3)cc2F)nc2ccc(C(=O)O)cc21.Cn1c(CO)cccc1=O. The first-order valence-electron chi connectivity index (χ1n) is 25.6. The first-order chi connectivity index (χ1) is 39.6. The molecule has 18 nitrogen and oxygen atoms in total. The Balaban J connectivity index is 0.000000187. The lowest BCUT2D eigenvalue weighted by molar-refractivity contribution is 0.0600. The van der Waals surface area contributed by atoms with E-state index in [0.717, 1.165) is 5.52 Å². The molecule has 422 valence electrons. The number of rotatable bonds is 18. The summed E-state index contributed by atoms with van der Waals surface area (Å²) >= 11 is 5.96. The fraction of sp³-hybridized carbons (Fsp3) is 0.213. The number of imidazole rings is 2. The number of ether oxygens (including phenoxy) is 4. The van der Waals surface area contributed by atoms with Crippen LogP contribution in [0.2, 0.25) is 5.15 Å². The largest absolute Gasteiger partial charge is 0.478 e. The van der Waals surface area contributed by atoms with Gasteiger partial charge in [0.1, 0.15) is 35.0 Å². The van der Waals surface area contributed by atoms with Gasteiger partial charge in [0.2, 0.25) is 5.88 Å². The number of carboxylic acid groups (broad SMARTS) is 1. The monoisotopic (exact) mass is 1130 g/mol. The lowest BCUT2D eigenvalue weighted by Gasteiger charge is -2.11. The van der Waals surface area contributed by atoms with Gasteiger partial charge in [0.25, 0.3) is 11.1 Å². The van der Waals surface area contributed by atoms with Gasteiger partial charge in [-0.3, -0.25) is 9.59 Å². The van der Waals surface area contributed by atoms with E-state index in [1.165, 1.54) is 46.6 Å². The van der Waals surface area contributed by atoms with Gasteiger partial charge in [-0.1, -0.05) is 60.1 Å². The Morgan fingerprint density at radius 3 is 1.59 bits per heavy atom. The van der Waals surface area contributed by atoms with E-state index in [1.54, 1.807) is 138 Å². The van der Waals surface area contributed by atoms with E-state index in [4.69, 9.17) is 35.7 Å². The topological polar surface area (TPSA) is 217 Å². The van der Waals surface area contributed by atoms with E-state index in [1.807, 2.05) is 15.2 Å². The Morgan fingerprint density at radius 2 is 1.09 bits per heavy atom. The molecule has 0 saturated carbocycles. The highest BCUT2D eigenvalue weighted by Crippen LogP contribution is 2.28. The number of carboxylic acids is 1. The van der Waals surface area contributed by atoms with Crippen LogP contribution < -0.4 is 15.9 Å². The van der Waals surface area contributed by atoms with E-state index in [0.29, 0.717) is 116 Å². The third-order valence-electron chi connectivity index (χ3n) is 13.3. The van der Waals surface area contributed by atoms with Crippen molar-refractivity contribution in [1.29, 1.82) is 0 Å². The summed E-state index contributed by atoms with van der Waals surface area (Å²) in [6.07, 6.45) is 0.486. The molecule has 0 aliphatic carbocycles. The highest BCUT2D eigenvalue weighted by molar-refractivity contribution is 6.29. The molecule has 10 rings (SSSR count). The van der Waals surface area contributed by atoms with Crippen molar-refractivity contribution in [2.75, 3.05) is 34.5 Å². The van der Waals surface area contributed by atoms with Crippen LogP contribution in [0.25, 0.3) is 44.6 Å². The Labute approximate surface area is 474 Å². The van der Waals surface area contributed by atoms with E-state index in [2.05, 4.69) is 19.9 Å². The van der Waals surface area contributed by atoms with Crippen LogP contribution in [0.5, 0.6) is 5.88 Å². The average Bonchev–Trinajstić information content (AvgIpc) is 4.22. The molecule has 0 unspecified atom stereocenters. The van der Waals surface area contributed by atoms with Crippen LogP contribution in [0.1, 0.15) is 54.9 Å². The second-order valence-electron chi connectivity index (χ2n) is 18.5. The van der Waals surface area contributed by atoms with Crippen LogP contribution in [0.15, 0.2) is 155 Å². The summed E-state index contributed by atoms with van der Waals surface area (Å²) in [5.74, 6) is -0.601. The van der Waals surface area contributed by atoms with Gasteiger partial charge in [-0.15, -0.1) is 0 Å². The fourth-order valence-electron chi connectivity index (χ4n) is 8.79. The standard InChI is InChI=1S/C30H27FN4O5.C24H21ClFN3O3.C7H9NO2/c1-34-22(5-3-8-29(34)36)18-40-28-7-4-6-24(33-28)20-10-9-19(23(31)15-20)17-27-32-25-12-11-21(30(37)38)16-26(25)35(27)13-14-39-2;1-31-11-10-29-21-13-17(24(30)32-2)8-9-20(21)28-23(29)14-15-6-7-16(12-18(15)26)19-4-3-5-22(25)27-19;1-8-6(5-9)3-2-4-7(8)10/h3-12,15-16H,13-14,17-18H2,1-2H3,(H,37,38);3-9,12-13H,10-11,14H2,1-2H3;2-4,9H,5H2,1H3. The molecule has 0 bridgehead atoms. The Kier molecular flexibility index (Phi) is 19.6. The van der Waals surface area contributed by atoms with Gasteiger partial charge in [-0.25, -0.2) is 38.3 Å². The molecular weight excluding hydrogens is 1080 g/mol. The molecule has 0 fully saturated rings. The first-order valence-corrected chi connectivity index (χ1v) is 26.0. The number of nitrogens with zero attached hydrogens (tertiary/aromatic N) is 8. The summed E-state index contributed by atoms with van der Waals surface area (Å²) in [5.41, 5.74) is 7.75. The van der Waals surface area contributed by atoms with Crippen molar-refractivity contribution in [2.45, 2.75) is 39.1 Å². The molecular formula is C61H57ClF2N8O10. The van der Waals surface area contributed by atoms with Gasteiger partial charge in [0, 0.05) is 89.3 Å². The number of carbonyl (C=O) groups is 2. The van der Waals surface area contributed by atoms with E-state index >= 15 is 4.39 Å². The number of pyridine rings is 4. The first kappa shape index (κ1) is 58.9. The molecule has 6 aromatic heterocycles. The average molecular weight is 1140 g/mol. The number of benzene rings is 4. The van der Waals surface area contributed by atoms with E-state index in [9.17, 15) is 28.7 Å². The number of aliphatic hydroxyl groups is 1. The van der Waals surface area contributed by atoms with E-state index < -0.39 is 17.8 Å².